The van der Waals surface area contributed by atoms with Crippen molar-refractivity contribution >= 4 is 23.6 Å². The summed E-state index contributed by atoms with van der Waals surface area (Å²) >= 11 is 6.05. The van der Waals surface area contributed by atoms with Crippen molar-refractivity contribution in [3.8, 4) is 0 Å². The van der Waals surface area contributed by atoms with E-state index >= 15 is 0 Å². The number of fused-ring (bicyclic) bond motifs is 1. The third-order valence-corrected chi connectivity index (χ3v) is 3.83. The zero-order valence-corrected chi connectivity index (χ0v) is 11.2. The van der Waals surface area contributed by atoms with Crippen molar-refractivity contribution in [1.29, 1.82) is 0 Å². The largest absolute Gasteiger partial charge is 0.366 e. The normalized spacial score (nSPS) is 14.1. The Morgan fingerprint density at radius 3 is 2.68 bits per heavy atom. The van der Waals surface area contributed by atoms with Gasteiger partial charge in [-0.25, -0.2) is 0 Å². The van der Waals surface area contributed by atoms with Crippen LogP contribution in [-0.4, -0.2) is 12.8 Å². The number of carbonyl (C=O) groups excluding carboxylic acids is 1. The van der Waals surface area contributed by atoms with Crippen LogP contribution in [0, 0.1) is 0 Å². The summed E-state index contributed by atoms with van der Waals surface area (Å²) in [6, 6.07) is 13.9. The molecule has 0 atom stereocenters. The number of hydrogen-bond donors (Lipinski definition) is 0. The zero-order valence-electron chi connectivity index (χ0n) is 10.5. The number of nitrogens with zero attached hydrogens (tertiary/aromatic N) is 1. The third kappa shape index (κ3) is 2.36. The van der Waals surface area contributed by atoms with Crippen molar-refractivity contribution in [2.75, 3.05) is 11.4 Å². The Kier molecular flexibility index (Phi) is 3.26. The van der Waals surface area contributed by atoms with Crippen LogP contribution in [0.2, 0.25) is 5.02 Å². The fraction of sp³-hybridized carbons (Fsp3) is 0.188. The van der Waals surface area contributed by atoms with E-state index in [2.05, 4.69) is 29.2 Å². The molecule has 0 N–H and O–H groups in total. The number of benzene rings is 2. The van der Waals surface area contributed by atoms with Gasteiger partial charge in [0.25, 0.3) is 0 Å². The van der Waals surface area contributed by atoms with Crippen LogP contribution in [0.5, 0.6) is 0 Å². The predicted molar refractivity (Wildman–Crippen MR) is 78.0 cm³/mol. The molecule has 1 aliphatic rings. The quantitative estimate of drug-likeness (QED) is 0.776. The van der Waals surface area contributed by atoms with Crippen LogP contribution in [-0.2, 0) is 13.0 Å². The Balaban J connectivity index is 1.97. The molecule has 1 aliphatic heterocycles. The first-order valence-corrected chi connectivity index (χ1v) is 6.72. The number of halogens is 1. The van der Waals surface area contributed by atoms with Gasteiger partial charge in [0, 0.05) is 29.4 Å². The standard InChI is InChI=1S/C16H14ClNO/c17-15-6-5-14(11-19)16(9-15)18-8-7-12-3-1-2-4-13(12)10-18/h1-6,9,11H,7-8,10H2. The molecule has 0 saturated heterocycles. The molecule has 3 heteroatoms. The Morgan fingerprint density at radius 2 is 1.89 bits per heavy atom. The summed E-state index contributed by atoms with van der Waals surface area (Å²) in [6.07, 6.45) is 1.90. The van der Waals surface area contributed by atoms with Gasteiger partial charge in [0.1, 0.15) is 0 Å². The van der Waals surface area contributed by atoms with Crippen LogP contribution in [0.25, 0.3) is 0 Å². The molecule has 0 aromatic heterocycles. The Labute approximate surface area is 117 Å². The van der Waals surface area contributed by atoms with Crippen LogP contribution in [0.4, 0.5) is 5.69 Å². The fourth-order valence-corrected chi connectivity index (χ4v) is 2.76. The molecule has 2 aromatic rings. The van der Waals surface area contributed by atoms with E-state index in [0.717, 1.165) is 31.5 Å². The second-order valence-corrected chi connectivity index (χ2v) is 5.20. The van der Waals surface area contributed by atoms with Gasteiger partial charge in [0.05, 0.1) is 0 Å². The van der Waals surface area contributed by atoms with Gasteiger partial charge in [-0.05, 0) is 35.7 Å². The van der Waals surface area contributed by atoms with Gasteiger partial charge in [-0.3, -0.25) is 4.79 Å². The van der Waals surface area contributed by atoms with Crippen molar-refractivity contribution in [3.05, 3.63) is 64.2 Å². The van der Waals surface area contributed by atoms with Crippen LogP contribution in [0.3, 0.4) is 0 Å². The van der Waals surface area contributed by atoms with Gasteiger partial charge in [-0.15, -0.1) is 0 Å². The molecule has 0 unspecified atom stereocenters. The molecular weight excluding hydrogens is 258 g/mol. The van der Waals surface area contributed by atoms with E-state index in [0.29, 0.717) is 10.6 Å². The van der Waals surface area contributed by atoms with Gasteiger partial charge in [0.2, 0.25) is 0 Å². The summed E-state index contributed by atoms with van der Waals surface area (Å²) in [7, 11) is 0. The van der Waals surface area contributed by atoms with Crippen LogP contribution < -0.4 is 4.90 Å². The molecule has 3 rings (SSSR count). The highest BCUT2D eigenvalue weighted by Crippen LogP contribution is 2.28. The van der Waals surface area contributed by atoms with E-state index in [-0.39, 0.29) is 0 Å². The van der Waals surface area contributed by atoms with Crippen molar-refractivity contribution in [1.82, 2.24) is 0 Å². The summed E-state index contributed by atoms with van der Waals surface area (Å²) in [5.41, 5.74) is 4.35. The molecule has 96 valence electrons. The highest BCUT2D eigenvalue weighted by molar-refractivity contribution is 6.31. The van der Waals surface area contributed by atoms with Crippen LogP contribution >= 0.6 is 11.6 Å². The van der Waals surface area contributed by atoms with Crippen LogP contribution in [0.15, 0.2) is 42.5 Å². The maximum absolute atomic E-state index is 11.2. The predicted octanol–water partition coefficient (Wildman–Crippen LogP) is 3.72. The van der Waals surface area contributed by atoms with E-state index < -0.39 is 0 Å². The highest BCUT2D eigenvalue weighted by atomic mass is 35.5. The lowest BCUT2D eigenvalue weighted by Crippen LogP contribution is -2.31. The van der Waals surface area contributed by atoms with Crippen molar-refractivity contribution < 1.29 is 4.79 Å². The number of carbonyl (C=O) groups is 1. The summed E-state index contributed by atoms with van der Waals surface area (Å²) in [5.74, 6) is 0. The average Bonchev–Trinajstić information content (AvgIpc) is 2.46. The summed E-state index contributed by atoms with van der Waals surface area (Å²) in [6.45, 7) is 1.75. The zero-order chi connectivity index (χ0) is 13.2. The smallest absolute Gasteiger partial charge is 0.152 e. The molecule has 0 spiro atoms. The molecule has 1 heterocycles. The molecule has 0 bridgehead atoms. The average molecular weight is 272 g/mol. The topological polar surface area (TPSA) is 20.3 Å². The lowest BCUT2D eigenvalue weighted by atomic mass is 9.99. The molecule has 2 aromatic carbocycles. The summed E-state index contributed by atoms with van der Waals surface area (Å²) in [5, 5.41) is 0.666. The lowest BCUT2D eigenvalue weighted by molar-refractivity contribution is 0.112. The number of hydrogen-bond acceptors (Lipinski definition) is 2. The van der Waals surface area contributed by atoms with E-state index in [1.807, 2.05) is 6.07 Å². The number of rotatable bonds is 2. The Bertz CT molecular complexity index is 624. The van der Waals surface area contributed by atoms with Gasteiger partial charge < -0.3 is 4.90 Å². The lowest BCUT2D eigenvalue weighted by Gasteiger charge is -2.31. The van der Waals surface area contributed by atoms with Gasteiger partial charge >= 0.3 is 0 Å². The van der Waals surface area contributed by atoms with E-state index in [1.54, 1.807) is 12.1 Å². The Hall–Kier alpha value is -1.80. The van der Waals surface area contributed by atoms with Crippen molar-refractivity contribution in [2.24, 2.45) is 0 Å². The van der Waals surface area contributed by atoms with Gasteiger partial charge in [-0.2, -0.15) is 0 Å². The van der Waals surface area contributed by atoms with E-state index in [1.165, 1.54) is 11.1 Å². The molecule has 0 aliphatic carbocycles. The first-order valence-electron chi connectivity index (χ1n) is 6.34. The van der Waals surface area contributed by atoms with Gasteiger partial charge in [-0.1, -0.05) is 35.9 Å². The molecule has 0 amide bonds. The minimum absolute atomic E-state index is 0.666. The highest BCUT2D eigenvalue weighted by Gasteiger charge is 2.18. The Morgan fingerprint density at radius 1 is 1.11 bits per heavy atom. The second kappa shape index (κ2) is 5.06. The molecule has 0 saturated carbocycles. The fourth-order valence-electron chi connectivity index (χ4n) is 2.59. The van der Waals surface area contributed by atoms with E-state index in [9.17, 15) is 4.79 Å². The number of aldehydes is 1. The van der Waals surface area contributed by atoms with Crippen LogP contribution in [0.1, 0.15) is 21.5 Å². The van der Waals surface area contributed by atoms with Crippen molar-refractivity contribution in [3.63, 3.8) is 0 Å². The maximum Gasteiger partial charge on any atom is 0.152 e. The number of anilines is 1. The van der Waals surface area contributed by atoms with E-state index in [4.69, 9.17) is 11.6 Å². The SMILES string of the molecule is O=Cc1ccc(Cl)cc1N1CCc2ccccc2C1. The molecule has 0 fully saturated rings. The molecule has 2 nitrogen and oxygen atoms in total. The minimum atomic E-state index is 0.666. The van der Waals surface area contributed by atoms with Crippen molar-refractivity contribution in [2.45, 2.75) is 13.0 Å². The summed E-state index contributed by atoms with van der Waals surface area (Å²) < 4.78 is 0. The minimum Gasteiger partial charge on any atom is -0.366 e. The first kappa shape index (κ1) is 12.2. The second-order valence-electron chi connectivity index (χ2n) is 4.76. The summed E-state index contributed by atoms with van der Waals surface area (Å²) in [4.78, 5) is 13.4. The van der Waals surface area contributed by atoms with Gasteiger partial charge in [0.15, 0.2) is 6.29 Å². The molecule has 19 heavy (non-hydrogen) atoms. The maximum atomic E-state index is 11.2. The third-order valence-electron chi connectivity index (χ3n) is 3.59. The first-order chi connectivity index (χ1) is 9.28. The monoisotopic (exact) mass is 271 g/mol. The molecular formula is C16H14ClNO. The molecule has 0 radical (unpaired) electrons.